The maximum atomic E-state index is 5.73. The monoisotopic (exact) mass is 416 g/mol. The van der Waals surface area contributed by atoms with Crippen LogP contribution in [-0.2, 0) is 15.9 Å². The van der Waals surface area contributed by atoms with Crippen LogP contribution in [0.4, 0.5) is 0 Å². The molecule has 7 heteroatoms. The largest absolute Gasteiger partial charge is 0.381 e. The zero-order valence-electron chi connectivity index (χ0n) is 17.4. The van der Waals surface area contributed by atoms with Crippen LogP contribution in [0.5, 0.6) is 0 Å². The van der Waals surface area contributed by atoms with E-state index in [0.717, 1.165) is 75.4 Å². The highest BCUT2D eigenvalue weighted by atomic mass is 32.1. The number of thiazole rings is 1. The van der Waals surface area contributed by atoms with Crippen LogP contribution in [0, 0.1) is 12.8 Å². The second-order valence-corrected chi connectivity index (χ2v) is 8.20. The molecular weight excluding hydrogens is 384 g/mol. The highest BCUT2D eigenvalue weighted by molar-refractivity contribution is 7.13. The molecule has 1 fully saturated rings. The molecule has 0 aliphatic carbocycles. The zero-order valence-corrected chi connectivity index (χ0v) is 18.3. The predicted molar refractivity (Wildman–Crippen MR) is 120 cm³/mol. The fraction of sp³-hybridized carbons (Fsp3) is 0.545. The van der Waals surface area contributed by atoms with Crippen LogP contribution in [0.1, 0.15) is 24.1 Å². The van der Waals surface area contributed by atoms with Crippen molar-refractivity contribution in [2.24, 2.45) is 10.9 Å². The molecule has 2 aromatic rings. The van der Waals surface area contributed by atoms with E-state index >= 15 is 0 Å². The minimum absolute atomic E-state index is 0.578. The zero-order chi connectivity index (χ0) is 20.3. The van der Waals surface area contributed by atoms with Crippen molar-refractivity contribution in [1.82, 2.24) is 15.6 Å². The minimum atomic E-state index is 0.578. The van der Waals surface area contributed by atoms with E-state index in [2.05, 4.69) is 52.2 Å². The quantitative estimate of drug-likeness (QED) is 0.353. The van der Waals surface area contributed by atoms with Crippen molar-refractivity contribution >= 4 is 17.3 Å². The molecule has 6 nitrogen and oxygen atoms in total. The van der Waals surface area contributed by atoms with Crippen molar-refractivity contribution in [3.63, 3.8) is 0 Å². The number of benzene rings is 1. The van der Waals surface area contributed by atoms with E-state index in [9.17, 15) is 0 Å². The third-order valence-corrected chi connectivity index (χ3v) is 5.82. The van der Waals surface area contributed by atoms with Gasteiger partial charge in [-0.25, -0.2) is 4.98 Å². The lowest BCUT2D eigenvalue weighted by Crippen LogP contribution is -2.39. The second kappa shape index (κ2) is 11.9. The van der Waals surface area contributed by atoms with E-state index in [1.54, 1.807) is 18.4 Å². The lowest BCUT2D eigenvalue weighted by molar-refractivity contribution is 0.0888. The average molecular weight is 417 g/mol. The number of rotatable bonds is 10. The Morgan fingerprint density at radius 3 is 2.86 bits per heavy atom. The number of hydrogen-bond acceptors (Lipinski definition) is 5. The lowest BCUT2D eigenvalue weighted by atomic mass is 10.1. The van der Waals surface area contributed by atoms with E-state index in [1.165, 1.54) is 11.1 Å². The van der Waals surface area contributed by atoms with Gasteiger partial charge in [0.05, 0.1) is 18.9 Å². The minimum Gasteiger partial charge on any atom is -0.381 e. The summed E-state index contributed by atoms with van der Waals surface area (Å²) in [4.78, 5) is 9.03. The topological polar surface area (TPSA) is 67.8 Å². The van der Waals surface area contributed by atoms with Gasteiger partial charge in [0, 0.05) is 56.6 Å². The standard InChI is InChI=1S/C22H32N4O2S/c1-17-4-6-19(7-5-17)21-26-20(16-29-21)8-11-25-22(23-2)24-10-3-12-27-14-18-9-13-28-15-18/h4-7,16,18H,3,8-15H2,1-2H3,(H2,23,24,25). The average Bonchev–Trinajstić information content (AvgIpc) is 3.42. The van der Waals surface area contributed by atoms with Crippen molar-refractivity contribution < 1.29 is 9.47 Å². The van der Waals surface area contributed by atoms with Crippen molar-refractivity contribution in [3.8, 4) is 10.6 Å². The Morgan fingerprint density at radius 1 is 1.28 bits per heavy atom. The Labute approximate surface area is 177 Å². The highest BCUT2D eigenvalue weighted by Gasteiger charge is 2.15. The van der Waals surface area contributed by atoms with Crippen LogP contribution in [0.3, 0.4) is 0 Å². The van der Waals surface area contributed by atoms with Crippen molar-refractivity contribution in [2.75, 3.05) is 46.6 Å². The lowest BCUT2D eigenvalue weighted by Gasteiger charge is -2.12. The van der Waals surface area contributed by atoms with Crippen LogP contribution in [0.2, 0.25) is 0 Å². The maximum Gasteiger partial charge on any atom is 0.190 e. The number of nitrogens with zero attached hydrogens (tertiary/aromatic N) is 2. The van der Waals surface area contributed by atoms with Gasteiger partial charge < -0.3 is 20.1 Å². The second-order valence-electron chi connectivity index (χ2n) is 7.34. The molecule has 1 aromatic heterocycles. The van der Waals surface area contributed by atoms with Gasteiger partial charge in [0.1, 0.15) is 5.01 Å². The number of nitrogens with one attached hydrogen (secondary N) is 2. The SMILES string of the molecule is CN=C(NCCCOCC1CCOC1)NCCc1csc(-c2ccc(C)cc2)n1. The summed E-state index contributed by atoms with van der Waals surface area (Å²) < 4.78 is 11.1. The molecule has 1 atom stereocenters. The van der Waals surface area contributed by atoms with Gasteiger partial charge in [0.2, 0.25) is 0 Å². The smallest absolute Gasteiger partial charge is 0.190 e. The molecule has 1 saturated heterocycles. The van der Waals surface area contributed by atoms with E-state index in [-0.39, 0.29) is 0 Å². The predicted octanol–water partition coefficient (Wildman–Crippen LogP) is 3.27. The molecule has 0 bridgehead atoms. The molecule has 0 spiro atoms. The van der Waals surface area contributed by atoms with Crippen molar-refractivity contribution in [2.45, 2.75) is 26.2 Å². The Bertz CT molecular complexity index is 754. The summed E-state index contributed by atoms with van der Waals surface area (Å²) in [5.74, 6) is 1.40. The van der Waals surface area contributed by atoms with Crippen LogP contribution in [0.15, 0.2) is 34.6 Å². The third kappa shape index (κ3) is 7.42. The molecule has 1 aliphatic rings. The molecule has 158 valence electrons. The molecule has 1 aromatic carbocycles. The van der Waals surface area contributed by atoms with Gasteiger partial charge in [-0.2, -0.15) is 0 Å². The van der Waals surface area contributed by atoms with Gasteiger partial charge in [0.15, 0.2) is 5.96 Å². The Balaban J connectivity index is 1.29. The fourth-order valence-corrected chi connectivity index (χ4v) is 3.99. The van der Waals surface area contributed by atoms with E-state index in [1.807, 2.05) is 0 Å². The summed E-state index contributed by atoms with van der Waals surface area (Å²) in [5.41, 5.74) is 3.56. The third-order valence-electron chi connectivity index (χ3n) is 4.88. The van der Waals surface area contributed by atoms with Gasteiger partial charge in [0.25, 0.3) is 0 Å². The molecule has 2 N–H and O–H groups in total. The first-order valence-corrected chi connectivity index (χ1v) is 11.2. The number of ether oxygens (including phenoxy) is 2. The summed E-state index contributed by atoms with van der Waals surface area (Å²) in [5, 5.41) is 9.91. The van der Waals surface area contributed by atoms with E-state index < -0.39 is 0 Å². The molecule has 0 amide bonds. The van der Waals surface area contributed by atoms with Gasteiger partial charge in [-0.1, -0.05) is 29.8 Å². The van der Waals surface area contributed by atoms with Gasteiger partial charge in [-0.3, -0.25) is 4.99 Å². The first-order chi connectivity index (χ1) is 14.2. The molecule has 1 aliphatic heterocycles. The Hall–Kier alpha value is -1.96. The van der Waals surface area contributed by atoms with E-state index in [4.69, 9.17) is 14.5 Å². The number of aryl methyl sites for hydroxylation is 1. The van der Waals surface area contributed by atoms with Crippen molar-refractivity contribution in [1.29, 1.82) is 0 Å². The molecule has 0 radical (unpaired) electrons. The van der Waals surface area contributed by atoms with Crippen LogP contribution in [0.25, 0.3) is 10.6 Å². The summed E-state index contributed by atoms with van der Waals surface area (Å²) in [6.45, 7) is 7.05. The molecule has 3 rings (SSSR count). The van der Waals surface area contributed by atoms with Crippen LogP contribution < -0.4 is 10.6 Å². The number of hydrogen-bond donors (Lipinski definition) is 2. The first kappa shape index (κ1) is 21.7. The molecule has 1 unspecified atom stereocenters. The normalized spacial score (nSPS) is 16.9. The summed E-state index contributed by atoms with van der Waals surface area (Å²) >= 11 is 1.70. The van der Waals surface area contributed by atoms with Gasteiger partial charge in [-0.05, 0) is 19.8 Å². The Morgan fingerprint density at radius 2 is 2.10 bits per heavy atom. The molecule has 29 heavy (non-hydrogen) atoms. The molecular formula is C22H32N4O2S. The van der Waals surface area contributed by atoms with Gasteiger partial charge in [-0.15, -0.1) is 11.3 Å². The number of aromatic nitrogens is 1. The van der Waals surface area contributed by atoms with Crippen LogP contribution >= 0.6 is 11.3 Å². The van der Waals surface area contributed by atoms with Gasteiger partial charge >= 0.3 is 0 Å². The molecule has 2 heterocycles. The van der Waals surface area contributed by atoms with Crippen LogP contribution in [-0.4, -0.2) is 57.5 Å². The van der Waals surface area contributed by atoms with Crippen molar-refractivity contribution in [3.05, 3.63) is 40.9 Å². The Kier molecular flexibility index (Phi) is 8.92. The summed E-state index contributed by atoms with van der Waals surface area (Å²) in [7, 11) is 1.80. The number of aliphatic imine (C=N–C) groups is 1. The van der Waals surface area contributed by atoms with E-state index in [0.29, 0.717) is 5.92 Å². The highest BCUT2D eigenvalue weighted by Crippen LogP contribution is 2.24. The molecule has 0 saturated carbocycles. The fourth-order valence-electron chi connectivity index (χ4n) is 3.13. The summed E-state index contributed by atoms with van der Waals surface area (Å²) in [6.07, 6.45) is 2.95. The number of guanidine groups is 1. The maximum absolute atomic E-state index is 5.73. The first-order valence-electron chi connectivity index (χ1n) is 10.4. The summed E-state index contributed by atoms with van der Waals surface area (Å²) in [6, 6.07) is 8.52.